The molecule has 4 rings (SSSR count). The van der Waals surface area contributed by atoms with Gasteiger partial charge in [0.2, 0.25) is 0 Å². The molecular weight excluding hydrogens is 612 g/mol. The molecule has 0 unspecified atom stereocenters. The van der Waals surface area contributed by atoms with Crippen molar-refractivity contribution in [2.75, 3.05) is 31.3 Å². The number of amides is 2. The van der Waals surface area contributed by atoms with E-state index >= 15 is 0 Å². The zero-order valence-corrected chi connectivity index (χ0v) is 24.2. The quantitative estimate of drug-likeness (QED) is 0.255. The van der Waals surface area contributed by atoms with Crippen LogP contribution in [0, 0.1) is 0 Å². The molecule has 2 aliphatic heterocycles. The summed E-state index contributed by atoms with van der Waals surface area (Å²) in [6, 6.07) is 14.4. The summed E-state index contributed by atoms with van der Waals surface area (Å²) < 4.78 is 44.8. The van der Waals surface area contributed by atoms with E-state index in [1.54, 1.807) is 19.1 Å². The number of alkyl halides is 4. The normalized spacial score (nSPS) is 15.5. The Morgan fingerprint density at radius 3 is 2.16 bits per heavy atom. The number of nitrogens with zero attached hydrogens (tertiary/aromatic N) is 2. The van der Waals surface area contributed by atoms with Gasteiger partial charge in [0.15, 0.2) is 0 Å². The number of benzene rings is 2. The number of rotatable bonds is 4. The van der Waals surface area contributed by atoms with Gasteiger partial charge in [-0.1, -0.05) is 66.8 Å². The van der Waals surface area contributed by atoms with Crippen molar-refractivity contribution in [3.05, 3.63) is 71.3 Å². The van der Waals surface area contributed by atoms with Crippen molar-refractivity contribution in [2.24, 2.45) is 0 Å². The number of carbonyl (C=O) groups is 2. The first kappa shape index (κ1) is 31.6. The highest BCUT2D eigenvalue weighted by molar-refractivity contribution is 14.1. The minimum atomic E-state index is -4.89. The Bertz CT molecular complexity index is 1110. The lowest BCUT2D eigenvalue weighted by molar-refractivity contribution is -0.187. The number of hydrogen-bond acceptors (Lipinski definition) is 4. The van der Waals surface area contributed by atoms with E-state index in [9.17, 15) is 27.9 Å². The number of hydrogen-bond donors (Lipinski definition) is 1. The van der Waals surface area contributed by atoms with Crippen molar-refractivity contribution in [1.29, 1.82) is 0 Å². The van der Waals surface area contributed by atoms with Crippen LogP contribution in [0.15, 0.2) is 54.6 Å². The van der Waals surface area contributed by atoms with Crippen LogP contribution in [0.1, 0.15) is 55.1 Å². The van der Waals surface area contributed by atoms with E-state index in [0.29, 0.717) is 17.9 Å². The molecule has 0 aliphatic carbocycles. The number of aliphatic hydroxyl groups excluding tert-OH is 1. The first-order chi connectivity index (χ1) is 18.2. The summed E-state index contributed by atoms with van der Waals surface area (Å²) in [5, 5.41) is 9.36. The minimum absolute atomic E-state index is 0.0637. The van der Waals surface area contributed by atoms with E-state index in [1.807, 2.05) is 61.3 Å². The number of piperidine rings is 1. The number of aliphatic hydroxyl groups is 1. The Labute approximate surface area is 235 Å². The first-order valence-electron chi connectivity index (χ1n) is 12.4. The number of likely N-dealkylation sites (tertiary alicyclic amines) is 1. The van der Waals surface area contributed by atoms with Gasteiger partial charge in [0.1, 0.15) is 18.1 Å². The Balaban J connectivity index is 0.00000121. The van der Waals surface area contributed by atoms with Crippen LogP contribution in [0.5, 0.6) is 5.75 Å². The molecular formula is C28H34F3IN2O4. The van der Waals surface area contributed by atoms with Crippen LogP contribution in [-0.2, 0) is 4.79 Å². The number of para-hydroxylation sites is 1. The largest absolute Gasteiger partial charge is 0.482 e. The maximum absolute atomic E-state index is 12.9. The molecule has 2 heterocycles. The van der Waals surface area contributed by atoms with Crippen LogP contribution in [-0.4, -0.2) is 69.8 Å². The third-order valence-corrected chi connectivity index (χ3v) is 6.32. The van der Waals surface area contributed by atoms with Crippen molar-refractivity contribution < 1.29 is 32.6 Å². The predicted molar refractivity (Wildman–Crippen MR) is 150 cm³/mol. The summed E-state index contributed by atoms with van der Waals surface area (Å²) in [4.78, 5) is 28.3. The summed E-state index contributed by atoms with van der Waals surface area (Å²) in [5.41, 5.74) is 2.12. The van der Waals surface area contributed by atoms with Crippen molar-refractivity contribution in [1.82, 2.24) is 9.80 Å². The highest BCUT2D eigenvalue weighted by Crippen LogP contribution is 2.43. The Morgan fingerprint density at radius 1 is 1.05 bits per heavy atom. The van der Waals surface area contributed by atoms with Gasteiger partial charge < -0.3 is 19.6 Å². The molecule has 0 bridgehead atoms. The number of fused-ring (bicyclic) bond motifs is 1. The van der Waals surface area contributed by atoms with Gasteiger partial charge in [0, 0.05) is 43.6 Å². The Morgan fingerprint density at radius 2 is 1.63 bits per heavy atom. The highest BCUT2D eigenvalue weighted by atomic mass is 127. The molecule has 38 heavy (non-hydrogen) atoms. The van der Waals surface area contributed by atoms with Gasteiger partial charge in [-0.2, -0.15) is 13.2 Å². The van der Waals surface area contributed by atoms with Crippen LogP contribution in [0.3, 0.4) is 0 Å². The fraction of sp³-hybridized carbons (Fsp3) is 0.429. The van der Waals surface area contributed by atoms with E-state index in [4.69, 9.17) is 4.74 Å². The van der Waals surface area contributed by atoms with E-state index < -0.39 is 17.7 Å². The van der Waals surface area contributed by atoms with Crippen LogP contribution in [0.25, 0.3) is 5.57 Å². The lowest BCUT2D eigenvalue weighted by Gasteiger charge is -2.43. The van der Waals surface area contributed by atoms with Crippen molar-refractivity contribution >= 4 is 40.0 Å². The van der Waals surface area contributed by atoms with Crippen LogP contribution >= 0.6 is 22.6 Å². The minimum Gasteiger partial charge on any atom is -0.482 e. The third-order valence-electron chi connectivity index (χ3n) is 6.32. The molecule has 1 N–H and O–H groups in total. The summed E-state index contributed by atoms with van der Waals surface area (Å²) in [6.07, 6.45) is -2.52. The zero-order valence-electron chi connectivity index (χ0n) is 22.0. The Kier molecular flexibility index (Phi) is 11.6. The van der Waals surface area contributed by atoms with Crippen LogP contribution < -0.4 is 4.74 Å². The van der Waals surface area contributed by atoms with Gasteiger partial charge in [0.25, 0.3) is 5.91 Å². The number of carbonyl (C=O) groups excluding carboxylic acids is 2. The maximum Gasteiger partial charge on any atom is 0.471 e. The second-order valence-electron chi connectivity index (χ2n) is 8.39. The number of ether oxygens (including phenoxy) is 1. The van der Waals surface area contributed by atoms with Gasteiger partial charge in [-0.15, -0.1) is 0 Å². The van der Waals surface area contributed by atoms with Crippen molar-refractivity contribution in [3.8, 4) is 5.75 Å². The molecule has 6 nitrogen and oxygen atoms in total. The van der Waals surface area contributed by atoms with Crippen LogP contribution in [0.2, 0.25) is 0 Å². The molecule has 0 atom stereocenters. The molecule has 2 amide bonds. The van der Waals surface area contributed by atoms with Gasteiger partial charge in [-0.25, -0.2) is 0 Å². The van der Waals surface area contributed by atoms with Gasteiger partial charge in [-0.05, 0) is 47.3 Å². The van der Waals surface area contributed by atoms with E-state index in [-0.39, 0.29) is 38.6 Å². The lowest BCUT2D eigenvalue weighted by Crippen LogP contribution is -2.52. The molecule has 0 radical (unpaired) electrons. The number of halogens is 4. The van der Waals surface area contributed by atoms with Crippen molar-refractivity contribution in [2.45, 2.75) is 45.4 Å². The smallest absolute Gasteiger partial charge is 0.471 e. The summed E-state index contributed by atoms with van der Waals surface area (Å²) in [7, 11) is 0. The molecule has 1 spiro atoms. The monoisotopic (exact) mass is 646 g/mol. The molecule has 1 fully saturated rings. The molecule has 1 saturated heterocycles. The summed E-state index contributed by atoms with van der Waals surface area (Å²) in [5.74, 6) is -1.49. The van der Waals surface area contributed by atoms with Crippen LogP contribution in [0.4, 0.5) is 13.2 Å². The second-order valence-corrected chi connectivity index (χ2v) is 8.39. The Hall–Kier alpha value is -2.60. The van der Waals surface area contributed by atoms with E-state index in [0.717, 1.165) is 21.6 Å². The molecule has 0 saturated carbocycles. The highest BCUT2D eigenvalue weighted by Gasteiger charge is 2.46. The average Bonchev–Trinajstić information content (AvgIpc) is 2.95. The van der Waals surface area contributed by atoms with Gasteiger partial charge >= 0.3 is 12.1 Å². The van der Waals surface area contributed by atoms with Gasteiger partial charge in [0.05, 0.1) is 0 Å². The standard InChI is InChI=1S/C25H25F3N2O4.C2H6.CH3I/c1-2-29(16-31)22(32)18-9-7-17(8-10-18)20-15-24(34-21-6-4-3-5-19(20)21)11-13-30(14-12-24)23(33)25(26,27)28;2*1-2/h3-10,15,31H,2,11-14,16H2,1H3;1-2H3;1H3. The van der Waals surface area contributed by atoms with Crippen molar-refractivity contribution in [3.63, 3.8) is 0 Å². The first-order valence-corrected chi connectivity index (χ1v) is 14.6. The predicted octanol–water partition coefficient (Wildman–Crippen LogP) is 5.92. The fourth-order valence-electron chi connectivity index (χ4n) is 4.40. The molecule has 2 aromatic rings. The second kappa shape index (κ2) is 14.0. The zero-order chi connectivity index (χ0) is 28.5. The molecule has 10 heteroatoms. The maximum atomic E-state index is 12.9. The fourth-order valence-corrected chi connectivity index (χ4v) is 4.40. The lowest BCUT2D eigenvalue weighted by atomic mass is 9.82. The average molecular weight is 646 g/mol. The third kappa shape index (κ3) is 7.07. The topological polar surface area (TPSA) is 70.1 Å². The SMILES string of the molecule is CC.CCN(CO)C(=O)c1ccc(C2=CC3(CCN(C(=O)C(F)(F)F)CC3)Oc3ccccc32)cc1.CI. The summed E-state index contributed by atoms with van der Waals surface area (Å²) in [6.45, 7) is 5.66. The summed E-state index contributed by atoms with van der Waals surface area (Å²) >= 11 is 2.15. The van der Waals surface area contributed by atoms with E-state index in [1.165, 1.54) is 4.90 Å². The molecule has 2 aliphatic rings. The molecule has 0 aromatic heterocycles. The van der Waals surface area contributed by atoms with E-state index in [2.05, 4.69) is 22.6 Å². The molecule has 208 valence electrons. The molecule has 2 aromatic carbocycles. The van der Waals surface area contributed by atoms with Gasteiger partial charge in [-0.3, -0.25) is 9.59 Å².